The summed E-state index contributed by atoms with van der Waals surface area (Å²) in [6.45, 7) is 1.04. The molecular formula is C25H25BF3NO5S. The lowest BCUT2D eigenvalue weighted by Crippen LogP contribution is -2.46. The summed E-state index contributed by atoms with van der Waals surface area (Å²) in [6.07, 6.45) is 2.30. The van der Waals surface area contributed by atoms with Crippen LogP contribution in [-0.4, -0.2) is 50.0 Å². The normalized spacial score (nSPS) is 19.4. The van der Waals surface area contributed by atoms with Crippen molar-refractivity contribution in [1.29, 1.82) is 0 Å². The van der Waals surface area contributed by atoms with Crippen LogP contribution in [-0.2, 0) is 20.4 Å². The fraction of sp³-hybridized carbons (Fsp3) is 0.280. The fourth-order valence-electron chi connectivity index (χ4n) is 5.00. The van der Waals surface area contributed by atoms with E-state index in [0.717, 1.165) is 24.2 Å². The standard InChI is InChI=1S/C24H24BNO2.CHF3O3S/c1-27-22-16-9-8-15-21(22)25-26-18-10-17-23(26)24(28-25,19-11-4-2-5-12-19)20-13-6-3-7-14-20;2-1(3,4)8(5,6)7/h2-9,11-16,23H,10,17-18H2,1H3;(H,5,6,7)/t23-;/m0./s1. The molecule has 2 saturated heterocycles. The molecule has 0 aromatic heterocycles. The van der Waals surface area contributed by atoms with Crippen molar-refractivity contribution >= 4 is 22.6 Å². The summed E-state index contributed by atoms with van der Waals surface area (Å²) < 4.78 is 70.3. The Balaban J connectivity index is 0.000000331. The number of methoxy groups -OCH3 is 1. The first kappa shape index (κ1) is 26.2. The molecule has 36 heavy (non-hydrogen) atoms. The maximum atomic E-state index is 10.7. The molecule has 0 aliphatic carbocycles. The second-order valence-electron chi connectivity index (χ2n) is 8.50. The van der Waals surface area contributed by atoms with E-state index in [-0.39, 0.29) is 7.05 Å². The van der Waals surface area contributed by atoms with E-state index in [9.17, 15) is 13.2 Å². The number of halogens is 3. The third-order valence-corrected chi connectivity index (χ3v) is 7.05. The van der Waals surface area contributed by atoms with Gasteiger partial charge in [0.2, 0.25) is 0 Å². The molecule has 2 heterocycles. The van der Waals surface area contributed by atoms with Gasteiger partial charge in [-0.2, -0.15) is 21.6 Å². The minimum absolute atomic E-state index is 0.121. The average Bonchev–Trinajstić information content (AvgIpc) is 3.47. The molecule has 190 valence electrons. The Morgan fingerprint density at radius 2 is 1.47 bits per heavy atom. The van der Waals surface area contributed by atoms with Crippen LogP contribution >= 0.6 is 0 Å². The molecule has 0 spiro atoms. The van der Waals surface area contributed by atoms with Gasteiger partial charge in [0.15, 0.2) is 0 Å². The highest BCUT2D eigenvalue weighted by Crippen LogP contribution is 2.49. The molecular weight excluding hydrogens is 494 g/mol. The summed E-state index contributed by atoms with van der Waals surface area (Å²) in [6, 6.07) is 29.9. The third-order valence-electron chi connectivity index (χ3n) is 6.46. The molecule has 0 amide bonds. The van der Waals surface area contributed by atoms with Crippen molar-refractivity contribution in [2.75, 3.05) is 13.7 Å². The zero-order valence-corrected chi connectivity index (χ0v) is 20.2. The van der Waals surface area contributed by atoms with Crippen LogP contribution in [0, 0.1) is 0 Å². The highest BCUT2D eigenvalue weighted by atomic mass is 32.2. The van der Waals surface area contributed by atoms with Crippen LogP contribution in [0.25, 0.3) is 0 Å². The maximum absolute atomic E-state index is 10.7. The molecule has 1 atom stereocenters. The number of para-hydroxylation sites is 1. The van der Waals surface area contributed by atoms with E-state index in [1.807, 2.05) is 12.1 Å². The van der Waals surface area contributed by atoms with Gasteiger partial charge in [0.1, 0.15) is 11.4 Å². The summed E-state index contributed by atoms with van der Waals surface area (Å²) in [5.74, 6) is 0.884. The summed E-state index contributed by atoms with van der Waals surface area (Å²) >= 11 is 0. The second kappa shape index (κ2) is 10.3. The minimum atomic E-state index is -5.84. The van der Waals surface area contributed by atoms with Crippen LogP contribution in [0.2, 0.25) is 0 Å². The SMILES string of the molecule is COc1ccccc1B1OC(c2ccccc2)(c2ccccc2)[C@@H]2CCCN12.O=S(=O)(O)C(F)(F)F. The van der Waals surface area contributed by atoms with Crippen molar-refractivity contribution in [3.63, 3.8) is 0 Å². The van der Waals surface area contributed by atoms with Crippen LogP contribution in [0.15, 0.2) is 84.9 Å². The van der Waals surface area contributed by atoms with E-state index in [0.29, 0.717) is 6.04 Å². The van der Waals surface area contributed by atoms with Gasteiger partial charge >= 0.3 is 22.7 Å². The molecule has 0 saturated carbocycles. The first-order valence-electron chi connectivity index (χ1n) is 11.3. The topological polar surface area (TPSA) is 76.1 Å². The third kappa shape index (κ3) is 4.88. The Labute approximate surface area is 208 Å². The monoisotopic (exact) mass is 519 g/mol. The van der Waals surface area contributed by atoms with Gasteiger partial charge < -0.3 is 14.2 Å². The number of hydrogen-bond donors (Lipinski definition) is 1. The minimum Gasteiger partial charge on any atom is -0.497 e. The molecule has 3 aromatic rings. The van der Waals surface area contributed by atoms with Crippen molar-refractivity contribution in [2.24, 2.45) is 0 Å². The Kier molecular flexibility index (Phi) is 7.47. The molecule has 11 heteroatoms. The van der Waals surface area contributed by atoms with E-state index in [4.69, 9.17) is 22.4 Å². The van der Waals surface area contributed by atoms with Crippen LogP contribution in [0.4, 0.5) is 13.2 Å². The smallest absolute Gasteiger partial charge is 0.497 e. The van der Waals surface area contributed by atoms with Crippen LogP contribution < -0.4 is 10.2 Å². The predicted molar refractivity (Wildman–Crippen MR) is 130 cm³/mol. The predicted octanol–water partition coefficient (Wildman–Crippen LogP) is 4.22. The summed E-state index contributed by atoms with van der Waals surface area (Å²) in [7, 11) is -4.23. The first-order chi connectivity index (χ1) is 17.1. The second-order valence-corrected chi connectivity index (χ2v) is 9.91. The number of ether oxygens (including phenoxy) is 1. The number of fused-ring (bicyclic) bond motifs is 1. The zero-order chi connectivity index (χ0) is 26.0. The van der Waals surface area contributed by atoms with Crippen LogP contribution in [0.5, 0.6) is 5.75 Å². The number of hydrogen-bond acceptors (Lipinski definition) is 5. The number of rotatable bonds is 4. The van der Waals surface area contributed by atoms with Gasteiger partial charge in [-0.1, -0.05) is 78.9 Å². The van der Waals surface area contributed by atoms with Gasteiger partial charge in [-0.25, -0.2) is 0 Å². The molecule has 5 rings (SSSR count). The number of alkyl halides is 3. The quantitative estimate of drug-likeness (QED) is 0.316. The molecule has 1 N–H and O–H groups in total. The highest BCUT2D eigenvalue weighted by molar-refractivity contribution is 7.86. The van der Waals surface area contributed by atoms with Crippen molar-refractivity contribution in [2.45, 2.75) is 30.0 Å². The van der Waals surface area contributed by atoms with Gasteiger partial charge in [0, 0.05) is 11.5 Å². The molecule has 6 nitrogen and oxygen atoms in total. The summed E-state index contributed by atoms with van der Waals surface area (Å²) in [4.78, 5) is 2.53. The largest absolute Gasteiger partial charge is 0.522 e. The number of nitrogens with zero attached hydrogens (tertiary/aromatic N) is 1. The molecule has 2 aliphatic heterocycles. The van der Waals surface area contributed by atoms with Gasteiger partial charge in [-0.05, 0) is 36.6 Å². The molecule has 2 fully saturated rings. The van der Waals surface area contributed by atoms with Crippen molar-refractivity contribution in [3.8, 4) is 5.75 Å². The Morgan fingerprint density at radius 3 is 1.97 bits per heavy atom. The van der Waals surface area contributed by atoms with Gasteiger partial charge in [0.25, 0.3) is 0 Å². The van der Waals surface area contributed by atoms with Gasteiger partial charge in [0.05, 0.1) is 7.11 Å². The Hall–Kier alpha value is -2.86. The molecule has 2 aliphatic rings. The van der Waals surface area contributed by atoms with E-state index in [1.54, 1.807) is 7.11 Å². The van der Waals surface area contributed by atoms with Crippen molar-refractivity contribution in [3.05, 3.63) is 96.1 Å². The van der Waals surface area contributed by atoms with E-state index >= 15 is 0 Å². The highest BCUT2D eigenvalue weighted by Gasteiger charge is 2.59. The van der Waals surface area contributed by atoms with Gasteiger partial charge in [-0.15, -0.1) is 0 Å². The molecule has 0 radical (unpaired) electrons. The molecule has 3 aromatic carbocycles. The summed E-state index contributed by atoms with van der Waals surface area (Å²) in [5, 5.41) is 0. The van der Waals surface area contributed by atoms with Crippen LogP contribution in [0.1, 0.15) is 24.0 Å². The lowest BCUT2D eigenvalue weighted by molar-refractivity contribution is -0.0510. The lowest BCUT2D eigenvalue weighted by Gasteiger charge is -2.36. The summed E-state index contributed by atoms with van der Waals surface area (Å²) in [5.41, 5.74) is -2.48. The van der Waals surface area contributed by atoms with Crippen LogP contribution in [0.3, 0.4) is 0 Å². The number of benzene rings is 3. The zero-order valence-electron chi connectivity index (χ0n) is 19.4. The van der Waals surface area contributed by atoms with Crippen molar-refractivity contribution in [1.82, 2.24) is 4.81 Å². The first-order valence-corrected chi connectivity index (χ1v) is 12.7. The van der Waals surface area contributed by atoms with E-state index in [2.05, 4.69) is 77.6 Å². The van der Waals surface area contributed by atoms with E-state index < -0.39 is 21.2 Å². The van der Waals surface area contributed by atoms with E-state index in [1.165, 1.54) is 17.5 Å². The maximum Gasteiger partial charge on any atom is 0.522 e. The van der Waals surface area contributed by atoms with Gasteiger partial charge in [-0.3, -0.25) is 4.55 Å². The molecule has 0 unspecified atom stereocenters. The fourth-order valence-corrected chi connectivity index (χ4v) is 5.00. The Morgan fingerprint density at radius 1 is 0.972 bits per heavy atom. The average molecular weight is 519 g/mol. The Bertz CT molecular complexity index is 1240. The molecule has 0 bridgehead atoms. The van der Waals surface area contributed by atoms with Crippen molar-refractivity contribution < 1.29 is 35.5 Å². The lowest BCUT2D eigenvalue weighted by atomic mass is 9.71.